The van der Waals surface area contributed by atoms with E-state index in [1.165, 1.54) is 0 Å². The van der Waals surface area contributed by atoms with Crippen molar-refractivity contribution in [3.8, 4) is 5.88 Å². The first kappa shape index (κ1) is 18.5. The Hall–Kier alpha value is -3.26. The second-order valence-corrected chi connectivity index (χ2v) is 8.97. The van der Waals surface area contributed by atoms with Gasteiger partial charge in [-0.25, -0.2) is 14.5 Å². The van der Waals surface area contributed by atoms with Crippen LogP contribution in [0.4, 0.5) is 0 Å². The molecule has 1 saturated carbocycles. The van der Waals surface area contributed by atoms with Crippen LogP contribution in [-0.4, -0.2) is 49.1 Å². The molecular formula is C23H23N5O3. The van der Waals surface area contributed by atoms with Crippen molar-refractivity contribution in [2.24, 2.45) is 0 Å². The molecule has 2 fully saturated rings. The van der Waals surface area contributed by atoms with Gasteiger partial charge in [0.05, 0.1) is 48.8 Å². The Bertz CT molecular complexity index is 1330. The van der Waals surface area contributed by atoms with Gasteiger partial charge in [-0.05, 0) is 44.4 Å². The summed E-state index contributed by atoms with van der Waals surface area (Å²) in [5.74, 6) is 0.364. The van der Waals surface area contributed by atoms with Gasteiger partial charge in [-0.15, -0.1) is 0 Å². The van der Waals surface area contributed by atoms with Crippen molar-refractivity contribution in [3.05, 3.63) is 59.9 Å². The summed E-state index contributed by atoms with van der Waals surface area (Å²) in [6.45, 7) is 2.88. The number of hydrogen-bond acceptors (Lipinski definition) is 6. The molecule has 31 heavy (non-hydrogen) atoms. The van der Waals surface area contributed by atoms with Crippen molar-refractivity contribution in [1.29, 1.82) is 0 Å². The predicted molar refractivity (Wildman–Crippen MR) is 113 cm³/mol. The van der Waals surface area contributed by atoms with Gasteiger partial charge in [-0.1, -0.05) is 6.07 Å². The molecule has 2 atom stereocenters. The zero-order valence-electron chi connectivity index (χ0n) is 17.5. The van der Waals surface area contributed by atoms with Gasteiger partial charge in [-0.2, -0.15) is 5.10 Å². The Morgan fingerprint density at radius 2 is 2.13 bits per heavy atom. The highest BCUT2D eigenvalue weighted by atomic mass is 16.5. The first-order valence-electron chi connectivity index (χ1n) is 10.5. The van der Waals surface area contributed by atoms with Crippen LogP contribution in [-0.2, 0) is 16.6 Å². The lowest BCUT2D eigenvalue weighted by Gasteiger charge is -2.24. The maximum Gasteiger partial charge on any atom is 0.258 e. The van der Waals surface area contributed by atoms with Gasteiger partial charge in [-0.3, -0.25) is 4.79 Å². The number of methoxy groups -OCH3 is 1. The summed E-state index contributed by atoms with van der Waals surface area (Å²) in [6.07, 6.45) is 8.85. The van der Waals surface area contributed by atoms with E-state index < -0.39 is 0 Å². The first-order chi connectivity index (χ1) is 15.0. The van der Waals surface area contributed by atoms with Crippen molar-refractivity contribution in [2.75, 3.05) is 13.7 Å². The monoisotopic (exact) mass is 417 g/mol. The number of aromatic nitrogens is 5. The fourth-order valence-electron chi connectivity index (χ4n) is 5.16. The summed E-state index contributed by atoms with van der Waals surface area (Å²) in [6, 6.07) is 7.44. The third kappa shape index (κ3) is 2.78. The third-order valence-electron chi connectivity index (χ3n) is 6.78. The van der Waals surface area contributed by atoms with Crippen LogP contribution in [0, 0.1) is 0 Å². The van der Waals surface area contributed by atoms with Gasteiger partial charge in [0.25, 0.3) is 5.88 Å². The van der Waals surface area contributed by atoms with E-state index in [2.05, 4.69) is 17.0 Å². The fraction of sp³-hybridized carbons (Fsp3) is 0.391. The summed E-state index contributed by atoms with van der Waals surface area (Å²) < 4.78 is 15.2. The quantitative estimate of drug-likeness (QED) is 0.464. The van der Waals surface area contributed by atoms with Gasteiger partial charge in [0.1, 0.15) is 5.69 Å². The fourth-order valence-corrected chi connectivity index (χ4v) is 5.16. The summed E-state index contributed by atoms with van der Waals surface area (Å²) in [5, 5.41) is 4.26. The van der Waals surface area contributed by atoms with E-state index in [4.69, 9.17) is 14.5 Å². The van der Waals surface area contributed by atoms with Gasteiger partial charge < -0.3 is 13.9 Å². The number of carbonyl (C=O) groups is 1. The number of Topliss-reactive ketones (excluding diaryl/α,β-unsaturated/α-hetero) is 1. The molecule has 4 aromatic heterocycles. The van der Waals surface area contributed by atoms with Crippen LogP contribution in [0.25, 0.3) is 11.2 Å². The SMILES string of the molecule is COc1nc(CC(=O)c2cccc3ccnn23)cn2cc(C34CCC(C)(C3)OC4)nc12. The minimum atomic E-state index is -0.0575. The molecule has 158 valence electrons. The minimum absolute atomic E-state index is 0.0385. The molecule has 0 spiro atoms. The van der Waals surface area contributed by atoms with Gasteiger partial charge >= 0.3 is 0 Å². The molecule has 4 aromatic rings. The predicted octanol–water partition coefficient (Wildman–Crippen LogP) is 3.02. The number of ketones is 1. The first-order valence-corrected chi connectivity index (χ1v) is 10.5. The maximum absolute atomic E-state index is 13.0. The largest absolute Gasteiger partial charge is 0.478 e. The number of imidazole rings is 1. The van der Waals surface area contributed by atoms with Crippen LogP contribution in [0.3, 0.4) is 0 Å². The molecule has 2 aliphatic rings. The number of ether oxygens (including phenoxy) is 2. The van der Waals surface area contributed by atoms with Crippen LogP contribution in [0.15, 0.2) is 42.9 Å². The molecule has 1 aliphatic heterocycles. The Labute approximate surface area is 178 Å². The lowest BCUT2D eigenvalue weighted by Crippen LogP contribution is -2.26. The molecule has 2 bridgehead atoms. The lowest BCUT2D eigenvalue weighted by molar-refractivity contribution is -0.00627. The normalized spacial score (nSPS) is 25.0. The number of carbonyl (C=O) groups excluding carboxylic acids is 1. The Kier molecular flexibility index (Phi) is 3.80. The van der Waals surface area contributed by atoms with Crippen molar-refractivity contribution in [2.45, 2.75) is 43.6 Å². The molecule has 2 unspecified atom stereocenters. The van der Waals surface area contributed by atoms with Gasteiger partial charge in [0.15, 0.2) is 5.78 Å². The number of rotatable bonds is 5. The lowest BCUT2D eigenvalue weighted by atomic mass is 9.84. The minimum Gasteiger partial charge on any atom is -0.478 e. The van der Waals surface area contributed by atoms with E-state index >= 15 is 0 Å². The summed E-state index contributed by atoms with van der Waals surface area (Å²) in [5.41, 5.74) is 3.63. The van der Waals surface area contributed by atoms with Crippen molar-refractivity contribution < 1.29 is 14.3 Å². The molecule has 5 heterocycles. The molecule has 0 N–H and O–H groups in total. The zero-order chi connectivity index (χ0) is 21.2. The van der Waals surface area contributed by atoms with E-state index in [-0.39, 0.29) is 23.2 Å². The molecular weight excluding hydrogens is 394 g/mol. The molecule has 8 nitrogen and oxygen atoms in total. The molecule has 1 aliphatic carbocycles. The average molecular weight is 417 g/mol. The topological polar surface area (TPSA) is 83.0 Å². The van der Waals surface area contributed by atoms with E-state index in [1.807, 2.05) is 35.0 Å². The highest BCUT2D eigenvalue weighted by Gasteiger charge is 2.55. The van der Waals surface area contributed by atoms with Crippen LogP contribution in [0.1, 0.15) is 48.1 Å². The number of nitrogens with zero attached hydrogens (tertiary/aromatic N) is 5. The van der Waals surface area contributed by atoms with Gasteiger partial charge in [0.2, 0.25) is 5.65 Å². The molecule has 0 aromatic carbocycles. The molecule has 0 amide bonds. The van der Waals surface area contributed by atoms with Crippen molar-refractivity contribution >= 4 is 16.9 Å². The Morgan fingerprint density at radius 1 is 1.23 bits per heavy atom. The summed E-state index contributed by atoms with van der Waals surface area (Å²) in [7, 11) is 1.58. The smallest absolute Gasteiger partial charge is 0.258 e. The van der Waals surface area contributed by atoms with Crippen LogP contribution in [0.5, 0.6) is 5.88 Å². The summed E-state index contributed by atoms with van der Waals surface area (Å²) in [4.78, 5) is 22.5. The van der Waals surface area contributed by atoms with Crippen molar-refractivity contribution in [3.63, 3.8) is 0 Å². The molecule has 0 radical (unpaired) electrons. The number of fused-ring (bicyclic) bond motifs is 4. The van der Waals surface area contributed by atoms with Crippen LogP contribution in [0.2, 0.25) is 0 Å². The third-order valence-corrected chi connectivity index (χ3v) is 6.78. The van der Waals surface area contributed by atoms with E-state index in [0.29, 0.717) is 29.5 Å². The second-order valence-electron chi connectivity index (χ2n) is 8.97. The van der Waals surface area contributed by atoms with Crippen molar-refractivity contribution in [1.82, 2.24) is 24.0 Å². The number of hydrogen-bond donors (Lipinski definition) is 0. The number of pyridine rings is 1. The summed E-state index contributed by atoms with van der Waals surface area (Å²) >= 11 is 0. The van der Waals surface area contributed by atoms with Crippen LogP contribution < -0.4 is 4.74 Å². The molecule has 8 heteroatoms. The van der Waals surface area contributed by atoms with E-state index in [1.54, 1.807) is 23.9 Å². The standard InChI is InChI=1S/C23H23N5O3/c1-22-7-8-23(13-22,14-31-22)19-12-27-11-15(25-21(30-2)20(27)26-19)10-18(29)17-5-3-4-16-6-9-24-28(16)17/h3-6,9,11-12H,7-8,10,13-14H2,1-2H3. The van der Waals surface area contributed by atoms with E-state index in [0.717, 1.165) is 30.5 Å². The highest BCUT2D eigenvalue weighted by molar-refractivity contribution is 5.96. The molecule has 1 saturated heterocycles. The Balaban J connectivity index is 1.37. The van der Waals surface area contributed by atoms with E-state index in [9.17, 15) is 4.79 Å². The Morgan fingerprint density at radius 3 is 2.87 bits per heavy atom. The van der Waals surface area contributed by atoms with Crippen LogP contribution >= 0.6 is 0 Å². The highest BCUT2D eigenvalue weighted by Crippen LogP contribution is 2.53. The second kappa shape index (κ2) is 6.37. The molecule has 6 rings (SSSR count). The average Bonchev–Trinajstić information content (AvgIpc) is 3.53. The maximum atomic E-state index is 13.0. The van der Waals surface area contributed by atoms with Gasteiger partial charge in [0, 0.05) is 17.8 Å². The zero-order valence-corrected chi connectivity index (χ0v) is 17.5.